The fourth-order valence-electron chi connectivity index (χ4n) is 7.99. The van der Waals surface area contributed by atoms with Crippen molar-refractivity contribution < 1.29 is 0 Å². The molecule has 11 aromatic rings. The van der Waals surface area contributed by atoms with Crippen molar-refractivity contribution in [3.8, 4) is 67.5 Å². The van der Waals surface area contributed by atoms with E-state index in [2.05, 4.69) is 164 Å². The number of thiophene rings is 2. The minimum atomic E-state index is 0.629. The van der Waals surface area contributed by atoms with Gasteiger partial charge in [0.1, 0.15) is 0 Å². The van der Waals surface area contributed by atoms with Gasteiger partial charge in [-0.15, -0.1) is 22.7 Å². The Labute approximate surface area is 331 Å². The van der Waals surface area contributed by atoms with Gasteiger partial charge in [-0.2, -0.15) is 0 Å². The number of hydrogen-bond donors (Lipinski definition) is 0. The topological polar surface area (TPSA) is 38.7 Å². The maximum Gasteiger partial charge on any atom is 0.164 e. The van der Waals surface area contributed by atoms with Gasteiger partial charge in [0.25, 0.3) is 0 Å². The number of rotatable bonds is 6. The van der Waals surface area contributed by atoms with E-state index >= 15 is 0 Å². The van der Waals surface area contributed by atoms with Gasteiger partial charge in [0.2, 0.25) is 0 Å². The van der Waals surface area contributed by atoms with Gasteiger partial charge >= 0.3 is 0 Å². The van der Waals surface area contributed by atoms with E-state index in [1.54, 1.807) is 0 Å². The van der Waals surface area contributed by atoms with Crippen LogP contribution in [-0.2, 0) is 0 Å². The number of aromatic nitrogens is 3. The Morgan fingerprint density at radius 1 is 0.268 bits per heavy atom. The van der Waals surface area contributed by atoms with Crippen molar-refractivity contribution in [2.24, 2.45) is 0 Å². The lowest BCUT2D eigenvalue weighted by molar-refractivity contribution is 1.07. The Morgan fingerprint density at radius 2 is 0.679 bits per heavy atom. The second-order valence-corrected chi connectivity index (χ2v) is 16.1. The average Bonchev–Trinajstić information content (AvgIpc) is 3.85. The summed E-state index contributed by atoms with van der Waals surface area (Å²) in [5, 5.41) is 5.08. The quantitative estimate of drug-likeness (QED) is 0.170. The van der Waals surface area contributed by atoms with Crippen molar-refractivity contribution >= 4 is 63.0 Å². The van der Waals surface area contributed by atoms with E-state index in [0.29, 0.717) is 17.5 Å². The predicted octanol–water partition coefficient (Wildman–Crippen LogP) is 14.6. The highest BCUT2D eigenvalue weighted by atomic mass is 32.1. The molecule has 0 spiro atoms. The molecule has 0 radical (unpaired) electrons. The number of fused-ring (bicyclic) bond motifs is 6. The zero-order valence-electron chi connectivity index (χ0n) is 30.1. The van der Waals surface area contributed by atoms with Crippen molar-refractivity contribution in [1.82, 2.24) is 15.0 Å². The molecule has 0 aliphatic heterocycles. The SMILES string of the molecule is c1ccc(-c2nc(-c3cc(-c4cccc5sc6ccccc6c45)cc(-c4cccc5sc6ccccc6c45)c3)nc(-c3ccccc3-c3ccccc3)n2)cc1. The van der Waals surface area contributed by atoms with E-state index in [0.717, 1.165) is 38.9 Å². The third-order valence-corrected chi connectivity index (χ3v) is 12.8. The molecule has 0 aliphatic carbocycles. The Kier molecular flexibility index (Phi) is 7.87. The van der Waals surface area contributed by atoms with Crippen LogP contribution >= 0.6 is 22.7 Å². The number of nitrogens with zero attached hydrogens (tertiary/aromatic N) is 3. The van der Waals surface area contributed by atoms with E-state index < -0.39 is 0 Å². The molecule has 0 amide bonds. The van der Waals surface area contributed by atoms with Crippen LogP contribution in [0.3, 0.4) is 0 Å². The second kappa shape index (κ2) is 13.5. The molecule has 0 unspecified atom stereocenters. The first-order valence-corrected chi connectivity index (χ1v) is 20.3. The van der Waals surface area contributed by atoms with Gasteiger partial charge in [-0.3, -0.25) is 0 Å². The molecular formula is C51H31N3S2. The molecule has 8 aromatic carbocycles. The van der Waals surface area contributed by atoms with Gasteiger partial charge in [-0.05, 0) is 75.8 Å². The summed E-state index contributed by atoms with van der Waals surface area (Å²) in [6, 6.07) is 66.8. The van der Waals surface area contributed by atoms with Crippen LogP contribution in [0.15, 0.2) is 188 Å². The molecule has 262 valence electrons. The Morgan fingerprint density at radius 3 is 1.27 bits per heavy atom. The highest BCUT2D eigenvalue weighted by Crippen LogP contribution is 2.45. The van der Waals surface area contributed by atoms with Crippen molar-refractivity contribution in [2.45, 2.75) is 0 Å². The van der Waals surface area contributed by atoms with Gasteiger partial charge in [0.05, 0.1) is 0 Å². The fraction of sp³-hybridized carbons (Fsp3) is 0. The van der Waals surface area contributed by atoms with E-state index in [4.69, 9.17) is 15.0 Å². The molecule has 3 aromatic heterocycles. The average molecular weight is 750 g/mol. The van der Waals surface area contributed by atoms with Crippen LogP contribution < -0.4 is 0 Å². The third kappa shape index (κ3) is 5.60. The molecule has 0 saturated carbocycles. The summed E-state index contributed by atoms with van der Waals surface area (Å²) in [6.45, 7) is 0. The summed E-state index contributed by atoms with van der Waals surface area (Å²) in [5.41, 5.74) is 9.65. The normalized spacial score (nSPS) is 11.6. The lowest BCUT2D eigenvalue weighted by Gasteiger charge is -2.15. The number of benzene rings is 8. The van der Waals surface area contributed by atoms with Crippen LogP contribution in [0.25, 0.3) is 108 Å². The summed E-state index contributed by atoms with van der Waals surface area (Å²) in [7, 11) is 0. The minimum absolute atomic E-state index is 0.629. The van der Waals surface area contributed by atoms with Gasteiger partial charge in [0.15, 0.2) is 17.5 Å². The van der Waals surface area contributed by atoms with Crippen LogP contribution in [0.4, 0.5) is 0 Å². The molecule has 0 atom stereocenters. The first-order chi connectivity index (χ1) is 27.7. The van der Waals surface area contributed by atoms with Crippen LogP contribution in [0.2, 0.25) is 0 Å². The van der Waals surface area contributed by atoms with Crippen molar-refractivity contribution in [3.05, 3.63) is 188 Å². The molecule has 0 saturated heterocycles. The summed E-state index contributed by atoms with van der Waals surface area (Å²) < 4.78 is 5.11. The predicted molar refractivity (Wildman–Crippen MR) is 238 cm³/mol. The van der Waals surface area contributed by atoms with E-state index in [1.165, 1.54) is 51.5 Å². The lowest BCUT2D eigenvalue weighted by atomic mass is 9.92. The van der Waals surface area contributed by atoms with Crippen LogP contribution in [0.1, 0.15) is 0 Å². The highest BCUT2D eigenvalue weighted by molar-refractivity contribution is 7.26. The molecule has 0 bridgehead atoms. The van der Waals surface area contributed by atoms with E-state index in [-0.39, 0.29) is 0 Å². The summed E-state index contributed by atoms with van der Waals surface area (Å²) >= 11 is 3.69. The van der Waals surface area contributed by atoms with Crippen LogP contribution in [-0.4, -0.2) is 15.0 Å². The zero-order chi connectivity index (χ0) is 37.0. The Hall–Kier alpha value is -6.79. The fourth-order valence-corrected chi connectivity index (χ4v) is 10.3. The van der Waals surface area contributed by atoms with Crippen molar-refractivity contribution in [1.29, 1.82) is 0 Å². The molecule has 0 N–H and O–H groups in total. The molecule has 5 heteroatoms. The summed E-state index contributed by atoms with van der Waals surface area (Å²) in [4.78, 5) is 15.8. The molecule has 0 fully saturated rings. The van der Waals surface area contributed by atoms with E-state index in [1.807, 2.05) is 46.9 Å². The van der Waals surface area contributed by atoms with Gasteiger partial charge < -0.3 is 0 Å². The maximum atomic E-state index is 5.34. The van der Waals surface area contributed by atoms with Crippen LogP contribution in [0.5, 0.6) is 0 Å². The Bertz CT molecular complexity index is 3120. The zero-order valence-corrected chi connectivity index (χ0v) is 31.7. The summed E-state index contributed by atoms with van der Waals surface area (Å²) in [5.74, 6) is 1.90. The monoisotopic (exact) mass is 749 g/mol. The van der Waals surface area contributed by atoms with Gasteiger partial charge in [-0.25, -0.2) is 15.0 Å². The highest BCUT2D eigenvalue weighted by Gasteiger charge is 2.20. The lowest BCUT2D eigenvalue weighted by Crippen LogP contribution is -2.01. The maximum absolute atomic E-state index is 5.34. The first-order valence-electron chi connectivity index (χ1n) is 18.7. The summed E-state index contributed by atoms with van der Waals surface area (Å²) in [6.07, 6.45) is 0. The standard InChI is InChI=1S/C51H31N3S2/c1-3-15-32(16-4-1)37-19-7-8-20-40(37)51-53-49(33-17-5-2-6-18-33)52-50(54-51)36-30-34(38-23-13-27-45-47(38)41-21-9-11-25-43(41)55-45)29-35(31-36)39-24-14-28-46-48(39)42-22-10-12-26-44(42)56-46/h1-31H. The van der Waals surface area contributed by atoms with Gasteiger partial charge in [0, 0.05) is 57.0 Å². The smallest absolute Gasteiger partial charge is 0.164 e. The minimum Gasteiger partial charge on any atom is -0.208 e. The van der Waals surface area contributed by atoms with Crippen LogP contribution in [0, 0.1) is 0 Å². The third-order valence-electron chi connectivity index (χ3n) is 10.5. The largest absolute Gasteiger partial charge is 0.208 e. The molecular weight excluding hydrogens is 719 g/mol. The molecule has 3 heterocycles. The number of hydrogen-bond acceptors (Lipinski definition) is 5. The Balaban J connectivity index is 1.21. The van der Waals surface area contributed by atoms with E-state index in [9.17, 15) is 0 Å². The molecule has 56 heavy (non-hydrogen) atoms. The van der Waals surface area contributed by atoms with Crippen molar-refractivity contribution in [3.63, 3.8) is 0 Å². The second-order valence-electron chi connectivity index (χ2n) is 13.9. The van der Waals surface area contributed by atoms with Gasteiger partial charge in [-0.1, -0.05) is 146 Å². The first kappa shape index (κ1) is 32.6. The molecule has 3 nitrogen and oxygen atoms in total. The molecule has 11 rings (SSSR count). The van der Waals surface area contributed by atoms with Crippen molar-refractivity contribution in [2.75, 3.05) is 0 Å². The molecule has 0 aliphatic rings.